The van der Waals surface area contributed by atoms with E-state index in [-0.39, 0.29) is 0 Å². The van der Waals surface area contributed by atoms with Crippen molar-refractivity contribution in [2.75, 3.05) is 19.0 Å². The number of hydrogen-bond donors (Lipinski definition) is 1. The van der Waals surface area contributed by atoms with Crippen LogP contribution in [-0.2, 0) is 0 Å². The van der Waals surface area contributed by atoms with Crippen LogP contribution in [0.4, 0.5) is 5.69 Å². The van der Waals surface area contributed by atoms with E-state index in [2.05, 4.69) is 38.2 Å². The molecule has 1 N–H and O–H groups in total. The van der Waals surface area contributed by atoms with Crippen LogP contribution in [0.2, 0.25) is 0 Å². The highest BCUT2D eigenvalue weighted by Gasteiger charge is 2.09. The molecule has 1 aromatic rings. The van der Waals surface area contributed by atoms with Crippen molar-refractivity contribution in [3.63, 3.8) is 0 Å². The molecule has 1 aromatic carbocycles. The molecule has 0 heterocycles. The van der Waals surface area contributed by atoms with Crippen molar-refractivity contribution in [1.82, 2.24) is 0 Å². The molecular formula is C14H23NO. The van der Waals surface area contributed by atoms with Gasteiger partial charge in [0.15, 0.2) is 0 Å². The molecule has 1 rings (SSSR count). The fraction of sp³-hybridized carbons (Fsp3) is 0.571. The van der Waals surface area contributed by atoms with E-state index < -0.39 is 0 Å². The maximum Gasteiger partial charge on any atom is 0.119 e. The molecule has 0 aliphatic rings. The Kier molecular flexibility index (Phi) is 5.17. The molecule has 0 fully saturated rings. The Labute approximate surface area is 99.0 Å². The normalized spacial score (nSPS) is 14.2. The molecule has 0 bridgehead atoms. The summed E-state index contributed by atoms with van der Waals surface area (Å²) in [5, 5.41) is 3.46. The zero-order chi connectivity index (χ0) is 12.0. The third-order valence-corrected chi connectivity index (χ3v) is 3.33. The number of methoxy groups -OCH3 is 1. The van der Waals surface area contributed by atoms with Crippen molar-refractivity contribution in [3.8, 4) is 5.75 Å². The van der Waals surface area contributed by atoms with Gasteiger partial charge in [-0.15, -0.1) is 0 Å². The highest BCUT2D eigenvalue weighted by atomic mass is 16.5. The number of nitrogens with one attached hydrogen (secondary N) is 1. The summed E-state index contributed by atoms with van der Waals surface area (Å²) in [6.45, 7) is 7.88. The minimum absolute atomic E-state index is 0.701. The monoisotopic (exact) mass is 221 g/mol. The first-order valence-electron chi connectivity index (χ1n) is 6.05. The minimum Gasteiger partial charge on any atom is -0.497 e. The van der Waals surface area contributed by atoms with Crippen molar-refractivity contribution in [2.45, 2.75) is 27.2 Å². The first kappa shape index (κ1) is 12.9. The zero-order valence-corrected chi connectivity index (χ0v) is 10.8. The van der Waals surface area contributed by atoms with E-state index >= 15 is 0 Å². The van der Waals surface area contributed by atoms with E-state index in [1.54, 1.807) is 7.11 Å². The largest absolute Gasteiger partial charge is 0.497 e. The number of anilines is 1. The Morgan fingerprint density at radius 3 is 2.25 bits per heavy atom. The predicted octanol–water partition coefficient (Wildman–Crippen LogP) is 3.79. The summed E-state index contributed by atoms with van der Waals surface area (Å²) in [5.41, 5.74) is 1.16. The van der Waals surface area contributed by atoms with Gasteiger partial charge in [-0.3, -0.25) is 0 Å². The molecule has 0 radical (unpaired) electrons. The van der Waals surface area contributed by atoms with E-state index in [9.17, 15) is 0 Å². The van der Waals surface area contributed by atoms with Crippen LogP contribution in [0.3, 0.4) is 0 Å². The van der Waals surface area contributed by atoms with Gasteiger partial charge >= 0.3 is 0 Å². The summed E-state index contributed by atoms with van der Waals surface area (Å²) in [7, 11) is 1.69. The smallest absolute Gasteiger partial charge is 0.119 e. The lowest BCUT2D eigenvalue weighted by atomic mass is 9.93. The summed E-state index contributed by atoms with van der Waals surface area (Å²) in [6.07, 6.45) is 1.24. The van der Waals surface area contributed by atoms with Gasteiger partial charge in [0, 0.05) is 12.2 Å². The molecule has 2 heteroatoms. The minimum atomic E-state index is 0.701. The summed E-state index contributed by atoms with van der Waals surface area (Å²) in [5.74, 6) is 2.37. The van der Waals surface area contributed by atoms with Crippen molar-refractivity contribution < 1.29 is 4.74 Å². The second kappa shape index (κ2) is 6.41. The van der Waals surface area contributed by atoms with Gasteiger partial charge in [0.2, 0.25) is 0 Å². The van der Waals surface area contributed by atoms with Crippen LogP contribution in [-0.4, -0.2) is 13.7 Å². The highest BCUT2D eigenvalue weighted by molar-refractivity contribution is 5.46. The molecule has 16 heavy (non-hydrogen) atoms. The van der Waals surface area contributed by atoms with Gasteiger partial charge in [-0.05, 0) is 36.1 Å². The molecule has 2 atom stereocenters. The number of hydrogen-bond acceptors (Lipinski definition) is 2. The second-order valence-electron chi connectivity index (χ2n) is 4.47. The Hall–Kier alpha value is -1.18. The van der Waals surface area contributed by atoms with Gasteiger partial charge in [-0.25, -0.2) is 0 Å². The molecule has 0 aliphatic carbocycles. The molecule has 2 nitrogen and oxygen atoms in total. The summed E-state index contributed by atoms with van der Waals surface area (Å²) in [4.78, 5) is 0. The van der Waals surface area contributed by atoms with Crippen LogP contribution < -0.4 is 10.1 Å². The van der Waals surface area contributed by atoms with Crippen LogP contribution in [0, 0.1) is 11.8 Å². The molecule has 0 amide bonds. The van der Waals surface area contributed by atoms with Crippen molar-refractivity contribution in [1.29, 1.82) is 0 Å². The van der Waals surface area contributed by atoms with Gasteiger partial charge in [0.25, 0.3) is 0 Å². The van der Waals surface area contributed by atoms with Gasteiger partial charge in [0.1, 0.15) is 5.75 Å². The zero-order valence-electron chi connectivity index (χ0n) is 10.8. The molecule has 0 spiro atoms. The second-order valence-corrected chi connectivity index (χ2v) is 4.47. The third kappa shape index (κ3) is 3.76. The summed E-state index contributed by atoms with van der Waals surface area (Å²) < 4.78 is 5.12. The Bertz CT molecular complexity index is 294. The van der Waals surface area contributed by atoms with Crippen molar-refractivity contribution in [3.05, 3.63) is 24.3 Å². The van der Waals surface area contributed by atoms with E-state index in [1.807, 2.05) is 12.1 Å². The van der Waals surface area contributed by atoms with Crippen LogP contribution in [0.5, 0.6) is 5.75 Å². The van der Waals surface area contributed by atoms with E-state index in [4.69, 9.17) is 4.74 Å². The number of ether oxygens (including phenoxy) is 1. The lowest BCUT2D eigenvalue weighted by Gasteiger charge is -2.19. The average Bonchev–Trinajstić information content (AvgIpc) is 2.35. The quantitative estimate of drug-likeness (QED) is 0.789. The van der Waals surface area contributed by atoms with Crippen LogP contribution in [0.25, 0.3) is 0 Å². The molecule has 0 saturated carbocycles. The highest BCUT2D eigenvalue weighted by Crippen LogP contribution is 2.18. The van der Waals surface area contributed by atoms with Gasteiger partial charge in [-0.1, -0.05) is 27.2 Å². The lowest BCUT2D eigenvalue weighted by Crippen LogP contribution is -2.17. The lowest BCUT2D eigenvalue weighted by molar-refractivity contribution is 0.394. The van der Waals surface area contributed by atoms with Crippen LogP contribution in [0.1, 0.15) is 27.2 Å². The molecule has 0 saturated heterocycles. The first-order valence-corrected chi connectivity index (χ1v) is 6.05. The Morgan fingerprint density at radius 2 is 1.75 bits per heavy atom. The fourth-order valence-corrected chi connectivity index (χ4v) is 1.59. The Balaban J connectivity index is 2.42. The maximum absolute atomic E-state index is 5.12. The van der Waals surface area contributed by atoms with E-state index in [0.29, 0.717) is 5.92 Å². The molecule has 90 valence electrons. The number of benzene rings is 1. The molecule has 2 unspecified atom stereocenters. The molecular weight excluding hydrogens is 198 g/mol. The van der Waals surface area contributed by atoms with E-state index in [1.165, 1.54) is 6.42 Å². The molecule has 0 aliphatic heterocycles. The van der Waals surface area contributed by atoms with Gasteiger partial charge in [0.05, 0.1) is 7.11 Å². The number of rotatable bonds is 6. The SMILES string of the molecule is CCC(C)C(C)CNc1ccc(OC)cc1. The average molecular weight is 221 g/mol. The predicted molar refractivity (Wildman–Crippen MR) is 70.1 cm³/mol. The van der Waals surface area contributed by atoms with Gasteiger partial charge < -0.3 is 10.1 Å². The van der Waals surface area contributed by atoms with E-state index in [0.717, 1.165) is 23.9 Å². The standard InChI is InChI=1S/C14H23NO/c1-5-11(2)12(3)10-15-13-6-8-14(16-4)9-7-13/h6-9,11-12,15H,5,10H2,1-4H3. The molecule has 0 aromatic heterocycles. The Morgan fingerprint density at radius 1 is 1.12 bits per heavy atom. The summed E-state index contributed by atoms with van der Waals surface area (Å²) in [6, 6.07) is 8.08. The van der Waals surface area contributed by atoms with Crippen molar-refractivity contribution in [2.24, 2.45) is 11.8 Å². The fourth-order valence-electron chi connectivity index (χ4n) is 1.59. The van der Waals surface area contributed by atoms with Gasteiger partial charge in [-0.2, -0.15) is 0 Å². The third-order valence-electron chi connectivity index (χ3n) is 3.33. The first-order chi connectivity index (χ1) is 7.67. The summed E-state index contributed by atoms with van der Waals surface area (Å²) >= 11 is 0. The van der Waals surface area contributed by atoms with Crippen LogP contribution in [0.15, 0.2) is 24.3 Å². The topological polar surface area (TPSA) is 21.3 Å². The van der Waals surface area contributed by atoms with Crippen molar-refractivity contribution >= 4 is 5.69 Å². The maximum atomic E-state index is 5.12. The van der Waals surface area contributed by atoms with Crippen LogP contribution >= 0.6 is 0 Å².